The van der Waals surface area contributed by atoms with E-state index in [1.807, 2.05) is 0 Å². The molecule has 21 heavy (non-hydrogen) atoms. The van der Waals surface area contributed by atoms with Crippen LogP contribution >= 0.6 is 0 Å². The number of carbonyl (C=O) groups excluding carboxylic acids is 1. The topological polar surface area (TPSA) is 41.6 Å². The van der Waals surface area contributed by atoms with E-state index in [2.05, 4.69) is 41.4 Å². The number of rotatable bonds is 7. The molecule has 0 aromatic heterocycles. The molecule has 1 unspecified atom stereocenters. The molecule has 0 aliphatic carbocycles. The highest BCUT2D eigenvalue weighted by molar-refractivity contribution is 5.78. The molecule has 1 atom stereocenters. The monoisotopic (exact) mass is 290 g/mol. The van der Waals surface area contributed by atoms with Gasteiger partial charge in [-0.1, -0.05) is 29.8 Å². The Morgan fingerprint density at radius 3 is 3.10 bits per heavy atom. The summed E-state index contributed by atoms with van der Waals surface area (Å²) in [7, 11) is 1.68. The van der Waals surface area contributed by atoms with E-state index >= 15 is 0 Å². The predicted octanol–water partition coefficient (Wildman–Crippen LogP) is 2.28. The molecule has 1 aromatic carbocycles. The Labute approximate surface area is 127 Å². The zero-order valence-electron chi connectivity index (χ0n) is 13.1. The van der Waals surface area contributed by atoms with Crippen molar-refractivity contribution in [3.63, 3.8) is 0 Å². The third kappa shape index (κ3) is 4.83. The maximum Gasteiger partial charge on any atom is 0.234 e. The van der Waals surface area contributed by atoms with E-state index in [9.17, 15) is 4.79 Å². The summed E-state index contributed by atoms with van der Waals surface area (Å²) in [6, 6.07) is 9.01. The molecule has 2 rings (SSSR count). The third-order valence-electron chi connectivity index (χ3n) is 3.98. The predicted molar refractivity (Wildman–Crippen MR) is 84.2 cm³/mol. The number of amides is 1. The van der Waals surface area contributed by atoms with E-state index in [1.165, 1.54) is 11.1 Å². The summed E-state index contributed by atoms with van der Waals surface area (Å²) in [4.78, 5) is 14.3. The van der Waals surface area contributed by atoms with Crippen LogP contribution in [0.1, 0.15) is 36.4 Å². The van der Waals surface area contributed by atoms with Crippen molar-refractivity contribution in [1.29, 1.82) is 0 Å². The minimum Gasteiger partial charge on any atom is -0.385 e. The summed E-state index contributed by atoms with van der Waals surface area (Å²) in [5, 5.41) is 2.97. The molecule has 0 radical (unpaired) electrons. The number of methoxy groups -OCH3 is 1. The minimum absolute atomic E-state index is 0.116. The molecule has 1 aromatic rings. The van der Waals surface area contributed by atoms with Gasteiger partial charge in [-0.2, -0.15) is 0 Å². The molecule has 0 bridgehead atoms. The second-order valence-electron chi connectivity index (χ2n) is 5.74. The standard InChI is InChI=1S/C17H26N2O2/c1-14-6-3-7-15(12-14)16-8-4-10-19(16)13-17(20)18-9-5-11-21-2/h3,6-7,12,16H,4-5,8-11,13H2,1-2H3,(H,18,20). The van der Waals surface area contributed by atoms with E-state index in [-0.39, 0.29) is 5.91 Å². The van der Waals surface area contributed by atoms with Crippen molar-refractivity contribution < 1.29 is 9.53 Å². The van der Waals surface area contributed by atoms with Crippen molar-refractivity contribution in [3.05, 3.63) is 35.4 Å². The quantitative estimate of drug-likeness (QED) is 0.783. The molecule has 116 valence electrons. The molecular formula is C17H26N2O2. The van der Waals surface area contributed by atoms with E-state index in [1.54, 1.807) is 7.11 Å². The van der Waals surface area contributed by atoms with Crippen molar-refractivity contribution in [2.75, 3.05) is 33.4 Å². The number of aryl methyl sites for hydroxylation is 1. The van der Waals surface area contributed by atoms with Crippen LogP contribution in [0.5, 0.6) is 0 Å². The lowest BCUT2D eigenvalue weighted by Crippen LogP contribution is -2.37. The van der Waals surface area contributed by atoms with Gasteiger partial charge in [-0.05, 0) is 38.3 Å². The Morgan fingerprint density at radius 2 is 2.33 bits per heavy atom. The molecule has 0 saturated carbocycles. The van der Waals surface area contributed by atoms with Gasteiger partial charge in [-0.3, -0.25) is 9.69 Å². The van der Waals surface area contributed by atoms with Crippen LogP contribution in [0.15, 0.2) is 24.3 Å². The Balaban J connectivity index is 1.86. The fourth-order valence-corrected chi connectivity index (χ4v) is 2.95. The lowest BCUT2D eigenvalue weighted by atomic mass is 10.0. The van der Waals surface area contributed by atoms with Crippen LogP contribution in [0.4, 0.5) is 0 Å². The van der Waals surface area contributed by atoms with Gasteiger partial charge in [-0.15, -0.1) is 0 Å². The van der Waals surface area contributed by atoms with E-state index in [0.717, 1.165) is 25.8 Å². The first-order chi connectivity index (χ1) is 10.2. The second kappa shape index (κ2) is 8.15. The Hall–Kier alpha value is -1.39. The summed E-state index contributed by atoms with van der Waals surface area (Å²) in [6.45, 7) is 4.99. The number of hydrogen-bond acceptors (Lipinski definition) is 3. The SMILES string of the molecule is COCCCNC(=O)CN1CCCC1c1cccc(C)c1. The van der Waals surface area contributed by atoms with Crippen molar-refractivity contribution in [1.82, 2.24) is 10.2 Å². The molecule has 1 amide bonds. The molecule has 4 heteroatoms. The highest BCUT2D eigenvalue weighted by Gasteiger charge is 2.27. The van der Waals surface area contributed by atoms with Crippen LogP contribution in [0.25, 0.3) is 0 Å². The van der Waals surface area contributed by atoms with Crippen LogP contribution in [-0.4, -0.2) is 44.2 Å². The molecular weight excluding hydrogens is 264 g/mol. The highest BCUT2D eigenvalue weighted by atomic mass is 16.5. The molecule has 1 aliphatic rings. The van der Waals surface area contributed by atoms with E-state index in [0.29, 0.717) is 25.7 Å². The third-order valence-corrected chi connectivity index (χ3v) is 3.98. The van der Waals surface area contributed by atoms with Gasteiger partial charge in [0.15, 0.2) is 0 Å². The lowest BCUT2D eigenvalue weighted by molar-refractivity contribution is -0.122. The highest BCUT2D eigenvalue weighted by Crippen LogP contribution is 2.31. The van der Waals surface area contributed by atoms with Gasteiger partial charge >= 0.3 is 0 Å². The van der Waals surface area contributed by atoms with Gasteiger partial charge < -0.3 is 10.1 Å². The van der Waals surface area contributed by atoms with E-state index < -0.39 is 0 Å². The summed E-state index contributed by atoms with van der Waals surface area (Å²) >= 11 is 0. The van der Waals surface area contributed by atoms with Gasteiger partial charge in [0.25, 0.3) is 0 Å². The van der Waals surface area contributed by atoms with Crippen molar-refractivity contribution in [2.24, 2.45) is 0 Å². The maximum absolute atomic E-state index is 12.0. The fraction of sp³-hybridized carbons (Fsp3) is 0.588. The smallest absolute Gasteiger partial charge is 0.234 e. The number of ether oxygens (including phenoxy) is 1. The number of carbonyl (C=O) groups is 1. The zero-order chi connectivity index (χ0) is 15.1. The van der Waals surface area contributed by atoms with Crippen LogP contribution in [0.2, 0.25) is 0 Å². The van der Waals surface area contributed by atoms with Gasteiger partial charge in [0, 0.05) is 26.3 Å². The number of benzene rings is 1. The maximum atomic E-state index is 12.0. The van der Waals surface area contributed by atoms with Crippen LogP contribution in [0.3, 0.4) is 0 Å². The van der Waals surface area contributed by atoms with Crippen LogP contribution in [0, 0.1) is 6.92 Å². The Bertz CT molecular complexity index is 462. The van der Waals surface area contributed by atoms with Gasteiger partial charge in [0.2, 0.25) is 5.91 Å². The molecule has 1 heterocycles. The molecule has 0 spiro atoms. The van der Waals surface area contributed by atoms with Crippen molar-refractivity contribution in [3.8, 4) is 0 Å². The molecule has 1 aliphatic heterocycles. The van der Waals surface area contributed by atoms with Gasteiger partial charge in [0.1, 0.15) is 0 Å². The van der Waals surface area contributed by atoms with Gasteiger partial charge in [-0.25, -0.2) is 0 Å². The largest absolute Gasteiger partial charge is 0.385 e. The van der Waals surface area contributed by atoms with Crippen LogP contribution in [-0.2, 0) is 9.53 Å². The van der Waals surface area contributed by atoms with Crippen LogP contribution < -0.4 is 5.32 Å². The van der Waals surface area contributed by atoms with Crippen molar-refractivity contribution >= 4 is 5.91 Å². The number of nitrogens with zero attached hydrogens (tertiary/aromatic N) is 1. The van der Waals surface area contributed by atoms with Crippen molar-refractivity contribution in [2.45, 2.75) is 32.2 Å². The lowest BCUT2D eigenvalue weighted by Gasteiger charge is -2.24. The first kappa shape index (κ1) is 16.0. The molecule has 1 saturated heterocycles. The summed E-state index contributed by atoms with van der Waals surface area (Å²) < 4.78 is 4.98. The molecule has 1 N–H and O–H groups in total. The molecule has 4 nitrogen and oxygen atoms in total. The summed E-state index contributed by atoms with van der Waals surface area (Å²) in [6.07, 6.45) is 3.17. The number of nitrogens with one attached hydrogen (secondary N) is 1. The second-order valence-corrected chi connectivity index (χ2v) is 5.74. The zero-order valence-corrected chi connectivity index (χ0v) is 13.1. The normalized spacial score (nSPS) is 18.9. The summed E-state index contributed by atoms with van der Waals surface area (Å²) in [5.41, 5.74) is 2.61. The Kier molecular flexibility index (Phi) is 6.21. The van der Waals surface area contributed by atoms with E-state index in [4.69, 9.17) is 4.74 Å². The minimum atomic E-state index is 0.116. The summed E-state index contributed by atoms with van der Waals surface area (Å²) in [5.74, 6) is 0.116. The first-order valence-corrected chi connectivity index (χ1v) is 7.77. The first-order valence-electron chi connectivity index (χ1n) is 7.77. The Morgan fingerprint density at radius 1 is 1.48 bits per heavy atom. The average molecular weight is 290 g/mol. The van der Waals surface area contributed by atoms with Gasteiger partial charge in [0.05, 0.1) is 6.54 Å². The molecule has 1 fully saturated rings. The average Bonchev–Trinajstić information content (AvgIpc) is 2.92. The number of likely N-dealkylation sites (tertiary alicyclic amines) is 1. The fourth-order valence-electron chi connectivity index (χ4n) is 2.95. The number of hydrogen-bond donors (Lipinski definition) is 1.